The lowest BCUT2D eigenvalue weighted by Gasteiger charge is -2.23. The minimum atomic E-state index is -0.216. The summed E-state index contributed by atoms with van der Waals surface area (Å²) in [5.41, 5.74) is 10.0. The monoisotopic (exact) mass is 977 g/mol. The van der Waals surface area contributed by atoms with Gasteiger partial charge in [0, 0.05) is 69.8 Å². The first-order valence-corrected chi connectivity index (χ1v) is 26.2. The molecule has 0 aliphatic carbocycles. The Morgan fingerprint density at radius 2 is 1.50 bits per heavy atom. The average Bonchev–Trinajstić information content (AvgIpc) is 3.85. The minimum absolute atomic E-state index is 0.0248. The van der Waals surface area contributed by atoms with Gasteiger partial charge in [-0.25, -0.2) is 0 Å². The fourth-order valence-electron chi connectivity index (χ4n) is 9.73. The summed E-state index contributed by atoms with van der Waals surface area (Å²) >= 11 is 0. The van der Waals surface area contributed by atoms with Crippen molar-refractivity contribution >= 4 is 74.2 Å². The molecule has 0 bridgehead atoms. The second-order valence-corrected chi connectivity index (χ2v) is 22.0. The van der Waals surface area contributed by atoms with Crippen molar-refractivity contribution in [3.8, 4) is 17.2 Å². The number of ether oxygens (including phenoxy) is 3. The maximum Gasteiger partial charge on any atom is 0.258 e. The molecule has 0 unspecified atom stereocenters. The lowest BCUT2D eigenvalue weighted by molar-refractivity contribution is -0.401. The predicted octanol–water partition coefficient (Wildman–Crippen LogP) is 10.4. The van der Waals surface area contributed by atoms with Crippen LogP contribution in [0.15, 0.2) is 103 Å². The van der Waals surface area contributed by atoms with Crippen molar-refractivity contribution in [1.29, 1.82) is 0 Å². The van der Waals surface area contributed by atoms with Gasteiger partial charge < -0.3 is 39.2 Å². The molecule has 70 heavy (non-hydrogen) atoms. The van der Waals surface area contributed by atoms with E-state index in [4.69, 9.17) is 14.2 Å². The summed E-state index contributed by atoms with van der Waals surface area (Å²) in [6.45, 7) is 8.33. The van der Waals surface area contributed by atoms with Gasteiger partial charge in [-0.2, -0.15) is 0 Å². The van der Waals surface area contributed by atoms with Crippen LogP contribution in [-0.4, -0.2) is 71.2 Å². The Morgan fingerprint density at radius 3 is 2.23 bits per heavy atom. The van der Waals surface area contributed by atoms with E-state index in [-0.39, 0.29) is 53.7 Å². The number of carbonyl (C=O) groups is 4. The van der Waals surface area contributed by atoms with Crippen molar-refractivity contribution in [1.82, 2.24) is 5.32 Å². The zero-order valence-electron chi connectivity index (χ0n) is 40.6. The van der Waals surface area contributed by atoms with Crippen LogP contribution in [0, 0.1) is 6.92 Å². The highest BCUT2D eigenvalue weighted by Crippen LogP contribution is 2.43. The van der Waals surface area contributed by atoms with Crippen LogP contribution in [0.5, 0.6) is 17.2 Å². The SMILES string of the molecule is CC=CNC(=O)CCSSC(C)(C)CCC(=O)Nc1cc(COc2cc3c(cc2C)C(=O)N2c4ccccc4C[C@H]2[C-]=[N+]3C)cc(COc2cc3c(cc2OC)C(=O)N2c4ccccc4C[C@H]2CC3)c1. The standard InChI is InChI=1S/C56H59N5O7S2/c1-7-21-57-52(62)19-22-69-70-56(3,4)20-18-53(63)58-41-25-36(33-67-49-31-48-45(23-35(49)2)55(65)61-43(32-59(48)5)28-40-13-9-11-15-47(40)61)24-37(26-41)34-68-51-29-38-16-17-42-27-39-12-8-10-14-46(39)60(42)54(64)44(38)30-50(51)66-6/h7-15,21,23-26,29-31,42-43H,16-20,22,27-28,33-34H2,1-6H3,(H,57,62)(H,58,63)/t42-,43+/m1/s1. The van der Waals surface area contributed by atoms with Crippen molar-refractivity contribution < 1.29 is 38.0 Å². The molecule has 2 N–H and O–H groups in total. The molecule has 12 nitrogen and oxygen atoms in total. The van der Waals surface area contributed by atoms with Crippen LogP contribution < -0.4 is 34.6 Å². The number of carbonyl (C=O) groups excluding carboxylic acids is 4. The molecule has 5 aromatic rings. The second-order valence-electron chi connectivity index (χ2n) is 18.9. The average molecular weight is 978 g/mol. The van der Waals surface area contributed by atoms with Gasteiger partial charge in [-0.15, -0.1) is 0 Å². The van der Waals surface area contributed by atoms with Crippen LogP contribution in [0.3, 0.4) is 0 Å². The number of anilines is 3. The molecule has 0 spiro atoms. The maximum atomic E-state index is 14.2. The summed E-state index contributed by atoms with van der Waals surface area (Å²) in [4.78, 5) is 57.8. The summed E-state index contributed by atoms with van der Waals surface area (Å²) in [7, 11) is 6.81. The van der Waals surface area contributed by atoms with Crippen LogP contribution in [0.4, 0.5) is 22.7 Å². The van der Waals surface area contributed by atoms with Gasteiger partial charge in [-0.3, -0.25) is 19.2 Å². The number of fused-ring (bicyclic) bond motifs is 8. The molecule has 14 heteroatoms. The fourth-order valence-corrected chi connectivity index (χ4v) is 12.3. The Kier molecular flexibility index (Phi) is 14.4. The van der Waals surface area contributed by atoms with Gasteiger partial charge in [0.25, 0.3) is 5.91 Å². The molecule has 9 rings (SSSR count). The van der Waals surface area contributed by atoms with Crippen molar-refractivity contribution in [3.63, 3.8) is 0 Å². The highest BCUT2D eigenvalue weighted by atomic mass is 33.1. The first kappa shape index (κ1) is 48.5. The Balaban J connectivity index is 0.931. The first-order valence-electron chi connectivity index (χ1n) is 23.9. The Hall–Kier alpha value is -6.51. The van der Waals surface area contributed by atoms with E-state index < -0.39 is 0 Å². The van der Waals surface area contributed by atoms with Crippen molar-refractivity contribution in [3.05, 3.63) is 148 Å². The van der Waals surface area contributed by atoms with E-state index in [1.165, 1.54) is 5.56 Å². The van der Waals surface area contributed by atoms with Crippen molar-refractivity contribution in [2.45, 2.75) is 103 Å². The normalized spacial score (nSPS) is 16.8. The summed E-state index contributed by atoms with van der Waals surface area (Å²) in [5, 5.41) is 5.89. The molecule has 0 fully saturated rings. The number of para-hydroxylation sites is 2. The third-order valence-corrected chi connectivity index (χ3v) is 16.6. The summed E-state index contributed by atoms with van der Waals surface area (Å²) in [5.74, 6) is 2.02. The molecule has 362 valence electrons. The number of amides is 4. The van der Waals surface area contributed by atoms with Crippen molar-refractivity contribution in [2.24, 2.45) is 0 Å². The molecule has 4 amide bonds. The maximum absolute atomic E-state index is 14.2. The van der Waals surface area contributed by atoms with Gasteiger partial charge in [0.2, 0.25) is 17.7 Å². The molecule has 0 saturated carbocycles. The van der Waals surface area contributed by atoms with E-state index in [9.17, 15) is 19.2 Å². The predicted molar refractivity (Wildman–Crippen MR) is 280 cm³/mol. The number of aryl methyl sites for hydroxylation is 2. The lowest BCUT2D eigenvalue weighted by Crippen LogP contribution is -2.38. The Labute approximate surface area is 418 Å². The number of hydrogen-bond acceptors (Lipinski definition) is 9. The topological polar surface area (TPSA) is 130 Å². The molecule has 5 aromatic carbocycles. The molecule has 2 atom stereocenters. The molecular weight excluding hydrogens is 919 g/mol. The zero-order valence-corrected chi connectivity index (χ0v) is 42.2. The van der Waals surface area contributed by atoms with Crippen LogP contribution in [0.1, 0.15) is 101 Å². The van der Waals surface area contributed by atoms with Crippen LogP contribution in [0.2, 0.25) is 0 Å². The van der Waals surface area contributed by atoms with Gasteiger partial charge >= 0.3 is 0 Å². The van der Waals surface area contributed by atoms with Gasteiger partial charge in [0.1, 0.15) is 26.0 Å². The third-order valence-electron chi connectivity index (χ3n) is 13.3. The molecule has 0 radical (unpaired) electrons. The number of methoxy groups -OCH3 is 1. The number of nitrogens with one attached hydrogen (secondary N) is 2. The summed E-state index contributed by atoms with van der Waals surface area (Å²) in [6, 6.07) is 29.4. The highest BCUT2D eigenvalue weighted by Gasteiger charge is 2.38. The van der Waals surface area contributed by atoms with E-state index >= 15 is 0 Å². The van der Waals surface area contributed by atoms with Gasteiger partial charge in [0.05, 0.1) is 12.8 Å². The van der Waals surface area contributed by atoms with Gasteiger partial charge in [-0.1, -0.05) is 70.1 Å². The largest absolute Gasteiger partial charge is 0.493 e. The quantitative estimate of drug-likeness (QED) is 0.0405. The Bertz CT molecular complexity index is 2930. The van der Waals surface area contributed by atoms with Crippen LogP contribution >= 0.6 is 21.6 Å². The van der Waals surface area contributed by atoms with Gasteiger partial charge in [-0.05, 0) is 148 Å². The van der Waals surface area contributed by atoms with E-state index in [1.54, 1.807) is 47.0 Å². The molecular formula is C56H59N5O7S2. The Morgan fingerprint density at radius 1 is 0.814 bits per heavy atom. The number of allylic oxidation sites excluding steroid dienone is 1. The second kappa shape index (κ2) is 20.8. The first-order chi connectivity index (χ1) is 33.8. The third kappa shape index (κ3) is 10.5. The van der Waals surface area contributed by atoms with E-state index in [2.05, 4.69) is 42.8 Å². The fraction of sp³-hybridized carbons (Fsp3) is 0.339. The smallest absolute Gasteiger partial charge is 0.258 e. The number of benzene rings is 5. The van der Waals surface area contributed by atoms with Crippen LogP contribution in [0.25, 0.3) is 0 Å². The van der Waals surface area contributed by atoms with Gasteiger partial charge in [0.15, 0.2) is 11.5 Å². The highest BCUT2D eigenvalue weighted by molar-refractivity contribution is 8.77. The van der Waals surface area contributed by atoms with E-state index in [0.29, 0.717) is 71.2 Å². The lowest BCUT2D eigenvalue weighted by atomic mass is 9.99. The number of rotatable bonds is 17. The summed E-state index contributed by atoms with van der Waals surface area (Å²) in [6.07, 6.45) is 11.4. The van der Waals surface area contributed by atoms with E-state index in [1.807, 2.05) is 108 Å². The molecule has 4 heterocycles. The number of hydrogen-bond donors (Lipinski definition) is 2. The summed E-state index contributed by atoms with van der Waals surface area (Å²) < 4.78 is 20.6. The van der Waals surface area contributed by atoms with Crippen LogP contribution in [-0.2, 0) is 42.1 Å². The number of nitrogens with zero attached hydrogens (tertiary/aromatic N) is 3. The molecule has 4 aliphatic heterocycles. The molecule has 4 aliphatic rings. The molecule has 0 aromatic heterocycles. The molecule has 0 saturated heterocycles. The van der Waals surface area contributed by atoms with Crippen molar-refractivity contribution in [2.75, 3.05) is 35.0 Å². The zero-order chi connectivity index (χ0) is 49.1. The van der Waals surface area contributed by atoms with E-state index in [0.717, 1.165) is 58.5 Å². The minimum Gasteiger partial charge on any atom is -0.493 e.